The van der Waals surface area contributed by atoms with Crippen molar-refractivity contribution >= 4 is 35.4 Å². The van der Waals surface area contributed by atoms with Crippen LogP contribution in [-0.4, -0.2) is 19.6 Å². The Balaban J connectivity index is 1.93. The molecule has 0 radical (unpaired) electrons. The molecule has 112 valence electrons. The number of alkyl halides is 1. The van der Waals surface area contributed by atoms with Crippen molar-refractivity contribution in [1.29, 1.82) is 0 Å². The van der Waals surface area contributed by atoms with Gasteiger partial charge < -0.3 is 0 Å². The van der Waals surface area contributed by atoms with E-state index < -0.39 is 0 Å². The highest BCUT2D eigenvalue weighted by molar-refractivity contribution is 7.71. The van der Waals surface area contributed by atoms with Gasteiger partial charge in [0.15, 0.2) is 0 Å². The largest absolute Gasteiger partial charge is 0.286 e. The molecule has 6 heteroatoms. The van der Waals surface area contributed by atoms with Gasteiger partial charge in [-0.3, -0.25) is 9.78 Å². The summed E-state index contributed by atoms with van der Waals surface area (Å²) in [6, 6.07) is 7.95. The van der Waals surface area contributed by atoms with Gasteiger partial charge in [-0.1, -0.05) is 36.7 Å². The van der Waals surface area contributed by atoms with Crippen molar-refractivity contribution in [3.63, 3.8) is 0 Å². The predicted molar refractivity (Wildman–Crippen MR) is 88.5 cm³/mol. The average molecular weight is 342 g/mol. The summed E-state index contributed by atoms with van der Waals surface area (Å²) in [7, 11) is 0. The molecule has 1 fully saturated rings. The van der Waals surface area contributed by atoms with Crippen molar-refractivity contribution in [2.45, 2.75) is 37.6 Å². The van der Waals surface area contributed by atoms with Gasteiger partial charge >= 0.3 is 0 Å². The van der Waals surface area contributed by atoms with Crippen molar-refractivity contribution in [3.05, 3.63) is 45.9 Å². The SMILES string of the molecule is CC(Cc1ccccc1Cl)(Cn1[nH]cnc1=S)C1(Cl)CC1. The van der Waals surface area contributed by atoms with E-state index in [0.717, 1.165) is 29.8 Å². The minimum absolute atomic E-state index is 0.135. The van der Waals surface area contributed by atoms with Crippen LogP contribution in [0.2, 0.25) is 5.02 Å². The van der Waals surface area contributed by atoms with Crippen LogP contribution in [0.3, 0.4) is 0 Å². The summed E-state index contributed by atoms with van der Waals surface area (Å²) in [4.78, 5) is 3.89. The molecule has 0 saturated heterocycles. The first-order valence-electron chi connectivity index (χ1n) is 6.96. The number of rotatable bonds is 5. The van der Waals surface area contributed by atoms with Crippen LogP contribution in [-0.2, 0) is 13.0 Å². The molecule has 1 aliphatic rings. The fraction of sp³-hybridized carbons (Fsp3) is 0.467. The van der Waals surface area contributed by atoms with E-state index in [2.05, 4.69) is 23.1 Å². The van der Waals surface area contributed by atoms with Crippen LogP contribution < -0.4 is 0 Å². The molecule has 21 heavy (non-hydrogen) atoms. The molecule has 1 aliphatic carbocycles. The summed E-state index contributed by atoms with van der Waals surface area (Å²) < 4.78 is 2.44. The number of aromatic nitrogens is 3. The van der Waals surface area contributed by atoms with Crippen molar-refractivity contribution in [3.8, 4) is 0 Å². The van der Waals surface area contributed by atoms with E-state index in [4.69, 9.17) is 35.4 Å². The van der Waals surface area contributed by atoms with Gasteiger partial charge in [0, 0.05) is 17.0 Å². The van der Waals surface area contributed by atoms with Crippen LogP contribution in [0.15, 0.2) is 30.6 Å². The van der Waals surface area contributed by atoms with E-state index in [0.29, 0.717) is 11.3 Å². The Labute approximate surface area is 139 Å². The molecule has 2 aromatic rings. The standard InChI is InChI=1S/C15H17Cl2N3S/c1-14(15(17)6-7-15,9-20-13(21)18-10-19-20)8-11-4-2-3-5-12(11)16/h2-5,10H,6-9H2,1H3,(H,18,19,21). The summed E-state index contributed by atoms with van der Waals surface area (Å²) in [5, 5.41) is 3.86. The lowest BCUT2D eigenvalue weighted by molar-refractivity contribution is 0.230. The second kappa shape index (κ2) is 5.41. The molecule has 1 aromatic carbocycles. The molecule has 0 aliphatic heterocycles. The lowest BCUT2D eigenvalue weighted by Crippen LogP contribution is -2.37. The Hall–Kier alpha value is -0.840. The minimum Gasteiger partial charge on any atom is -0.286 e. The maximum atomic E-state index is 6.80. The van der Waals surface area contributed by atoms with E-state index in [1.807, 2.05) is 22.9 Å². The van der Waals surface area contributed by atoms with Crippen molar-refractivity contribution < 1.29 is 0 Å². The maximum Gasteiger partial charge on any atom is 0.215 e. The first-order chi connectivity index (χ1) is 9.94. The van der Waals surface area contributed by atoms with E-state index >= 15 is 0 Å². The van der Waals surface area contributed by atoms with Crippen LogP contribution in [0.1, 0.15) is 25.3 Å². The van der Waals surface area contributed by atoms with Gasteiger partial charge in [-0.15, -0.1) is 11.6 Å². The molecule has 1 heterocycles. The van der Waals surface area contributed by atoms with Gasteiger partial charge in [-0.05, 0) is 43.1 Å². The third-order valence-corrected chi connectivity index (χ3v) is 5.96. The van der Waals surface area contributed by atoms with Crippen LogP contribution in [0.5, 0.6) is 0 Å². The molecule has 3 rings (SSSR count). The number of hydrogen-bond acceptors (Lipinski definition) is 2. The normalized spacial score (nSPS) is 19.2. The number of halogens is 2. The Morgan fingerprint density at radius 2 is 2.14 bits per heavy atom. The van der Waals surface area contributed by atoms with Crippen molar-refractivity contribution in [1.82, 2.24) is 14.8 Å². The summed E-state index contributed by atoms with van der Waals surface area (Å²) in [5.41, 5.74) is 0.990. The average Bonchev–Trinajstić information content (AvgIpc) is 3.09. The number of hydrogen-bond donors (Lipinski definition) is 1. The quantitative estimate of drug-likeness (QED) is 0.636. The molecule has 0 bridgehead atoms. The lowest BCUT2D eigenvalue weighted by Gasteiger charge is -2.35. The second-order valence-corrected chi connectivity index (χ2v) is 7.55. The molecule has 1 saturated carbocycles. The maximum absolute atomic E-state index is 6.80. The number of H-pyrrole nitrogens is 1. The Morgan fingerprint density at radius 1 is 1.43 bits per heavy atom. The molecular formula is C15H17Cl2N3S. The molecule has 1 atom stereocenters. The summed E-state index contributed by atoms with van der Waals surface area (Å²) in [5.74, 6) is 0. The lowest BCUT2D eigenvalue weighted by atomic mass is 9.78. The molecule has 3 nitrogen and oxygen atoms in total. The topological polar surface area (TPSA) is 33.6 Å². The minimum atomic E-state index is -0.188. The van der Waals surface area contributed by atoms with E-state index in [-0.39, 0.29) is 10.3 Å². The summed E-state index contributed by atoms with van der Waals surface area (Å²) in [6.45, 7) is 2.92. The zero-order valence-corrected chi connectivity index (χ0v) is 14.1. The van der Waals surface area contributed by atoms with E-state index in [1.165, 1.54) is 0 Å². The highest BCUT2D eigenvalue weighted by Gasteiger charge is 2.55. The summed E-state index contributed by atoms with van der Waals surface area (Å²) >= 11 is 18.4. The number of nitrogens with zero attached hydrogens (tertiary/aromatic N) is 2. The zero-order chi connectivity index (χ0) is 15.1. The smallest absolute Gasteiger partial charge is 0.215 e. The molecule has 1 N–H and O–H groups in total. The first-order valence-corrected chi connectivity index (χ1v) is 8.13. The van der Waals surface area contributed by atoms with Gasteiger partial charge in [0.1, 0.15) is 6.33 Å². The number of benzene rings is 1. The number of aromatic amines is 1. The van der Waals surface area contributed by atoms with Gasteiger partial charge in [0.05, 0.1) is 4.87 Å². The molecule has 0 spiro atoms. The Bertz CT molecular complexity index is 705. The second-order valence-electron chi connectivity index (χ2n) is 6.05. The Kier molecular flexibility index (Phi) is 3.89. The van der Waals surface area contributed by atoms with Crippen molar-refractivity contribution in [2.24, 2.45) is 5.41 Å². The fourth-order valence-electron chi connectivity index (χ4n) is 2.87. The third-order valence-electron chi connectivity index (χ3n) is 4.44. The molecular weight excluding hydrogens is 325 g/mol. The van der Waals surface area contributed by atoms with Crippen LogP contribution in [0.4, 0.5) is 0 Å². The van der Waals surface area contributed by atoms with Gasteiger partial charge in [0.25, 0.3) is 0 Å². The third kappa shape index (κ3) is 2.89. The first kappa shape index (κ1) is 15.1. The zero-order valence-electron chi connectivity index (χ0n) is 11.8. The van der Waals surface area contributed by atoms with Crippen LogP contribution in [0.25, 0.3) is 0 Å². The van der Waals surface area contributed by atoms with Crippen LogP contribution in [0, 0.1) is 10.2 Å². The van der Waals surface area contributed by atoms with Gasteiger partial charge in [-0.25, -0.2) is 4.98 Å². The van der Waals surface area contributed by atoms with Crippen molar-refractivity contribution in [2.75, 3.05) is 0 Å². The fourth-order valence-corrected chi connectivity index (χ4v) is 3.47. The highest BCUT2D eigenvalue weighted by Crippen LogP contribution is 2.57. The van der Waals surface area contributed by atoms with E-state index in [9.17, 15) is 0 Å². The molecule has 1 aromatic heterocycles. The highest BCUT2D eigenvalue weighted by atomic mass is 35.5. The Morgan fingerprint density at radius 3 is 2.71 bits per heavy atom. The monoisotopic (exact) mass is 341 g/mol. The number of nitrogens with one attached hydrogen (secondary N) is 1. The van der Waals surface area contributed by atoms with Gasteiger partial charge in [-0.2, -0.15) is 0 Å². The predicted octanol–water partition coefficient (Wildman–Crippen LogP) is 4.61. The molecule has 0 amide bonds. The summed E-state index contributed by atoms with van der Waals surface area (Å²) in [6.07, 6.45) is 4.48. The van der Waals surface area contributed by atoms with Gasteiger partial charge in [0.2, 0.25) is 4.77 Å². The van der Waals surface area contributed by atoms with E-state index in [1.54, 1.807) is 6.33 Å². The molecule has 1 unspecified atom stereocenters. The van der Waals surface area contributed by atoms with Crippen LogP contribution >= 0.6 is 35.4 Å².